The van der Waals surface area contributed by atoms with Crippen LogP contribution in [0.25, 0.3) is 5.57 Å². The van der Waals surface area contributed by atoms with Crippen LogP contribution in [0.1, 0.15) is 45.1 Å². The molecule has 0 aromatic carbocycles. The minimum atomic E-state index is -1.14. The summed E-state index contributed by atoms with van der Waals surface area (Å²) >= 11 is 0.253. The van der Waals surface area contributed by atoms with Gasteiger partial charge in [-0.1, -0.05) is 18.9 Å². The van der Waals surface area contributed by atoms with Gasteiger partial charge in [-0.25, -0.2) is 9.97 Å². The summed E-state index contributed by atoms with van der Waals surface area (Å²) in [5.74, 6) is 0.239. The van der Waals surface area contributed by atoms with Gasteiger partial charge in [0.1, 0.15) is 5.25 Å². The van der Waals surface area contributed by atoms with E-state index in [0.29, 0.717) is 21.6 Å². The molecule has 1 fully saturated rings. The molecule has 2 heterocycles. The fraction of sp³-hybridized carbons (Fsp3) is 0.421. The van der Waals surface area contributed by atoms with Crippen LogP contribution in [0.2, 0.25) is 0 Å². The Hall–Kier alpha value is -1.70. The summed E-state index contributed by atoms with van der Waals surface area (Å²) in [5, 5.41) is 5.83. The number of pyridine rings is 1. The summed E-state index contributed by atoms with van der Waals surface area (Å²) in [7, 11) is 0. The summed E-state index contributed by atoms with van der Waals surface area (Å²) in [6.45, 7) is 3.80. The van der Waals surface area contributed by atoms with Gasteiger partial charge in [0.05, 0.1) is 0 Å². The van der Waals surface area contributed by atoms with Crippen molar-refractivity contribution >= 4 is 39.1 Å². The number of amides is 1. The number of allylic oxidation sites excluding steroid dienone is 1. The van der Waals surface area contributed by atoms with Crippen molar-refractivity contribution in [3.8, 4) is 0 Å². The Kier molecular flexibility index (Phi) is 6.45. The van der Waals surface area contributed by atoms with Gasteiger partial charge in [0, 0.05) is 46.2 Å². The monoisotopic (exact) mass is 389 g/mol. The third kappa shape index (κ3) is 4.72. The van der Waals surface area contributed by atoms with E-state index >= 15 is 0 Å². The van der Waals surface area contributed by atoms with E-state index in [9.17, 15) is 9.35 Å². The van der Waals surface area contributed by atoms with Crippen molar-refractivity contribution in [2.45, 2.75) is 49.8 Å². The molecule has 26 heavy (non-hydrogen) atoms. The molecule has 138 valence electrons. The van der Waals surface area contributed by atoms with Crippen molar-refractivity contribution in [1.82, 2.24) is 9.97 Å². The molecule has 1 unspecified atom stereocenters. The lowest BCUT2D eigenvalue weighted by Gasteiger charge is -2.14. The van der Waals surface area contributed by atoms with E-state index in [4.69, 9.17) is 0 Å². The van der Waals surface area contributed by atoms with Crippen molar-refractivity contribution < 1.29 is 9.35 Å². The Morgan fingerprint density at radius 2 is 2.12 bits per heavy atom. The first-order valence-corrected chi connectivity index (χ1v) is 10.9. The molecule has 0 aliphatic heterocycles. The van der Waals surface area contributed by atoms with Crippen LogP contribution >= 0.6 is 11.3 Å². The molecule has 0 bridgehead atoms. The van der Waals surface area contributed by atoms with Crippen molar-refractivity contribution in [1.29, 1.82) is 0 Å². The van der Waals surface area contributed by atoms with Gasteiger partial charge in [-0.15, -0.1) is 11.3 Å². The van der Waals surface area contributed by atoms with Gasteiger partial charge in [0.25, 0.3) is 5.91 Å². The lowest BCUT2D eigenvalue weighted by Crippen LogP contribution is -2.17. The molecular formula is C19H23N3O2S2. The molecule has 5 nitrogen and oxygen atoms in total. The summed E-state index contributed by atoms with van der Waals surface area (Å²) in [5.41, 5.74) is 1.36. The lowest BCUT2D eigenvalue weighted by molar-refractivity contribution is -0.111. The van der Waals surface area contributed by atoms with Crippen LogP contribution < -0.4 is 5.32 Å². The SMILES string of the molecule is CC(C)[S+]([O-])c1ccc(/C(=C\C2CCCC2)C(=O)Nc2nccs2)cn1. The van der Waals surface area contributed by atoms with Crippen LogP contribution in [0.4, 0.5) is 5.13 Å². The number of nitrogens with zero attached hydrogens (tertiary/aromatic N) is 2. The Bertz CT molecular complexity index is 752. The quantitative estimate of drug-likeness (QED) is 0.591. The minimum absolute atomic E-state index is 0.00931. The molecule has 3 rings (SSSR count). The number of carbonyl (C=O) groups excluding carboxylic acids is 1. The number of thiazole rings is 1. The summed E-state index contributed by atoms with van der Waals surface area (Å²) in [6.07, 6.45) is 10.00. The highest BCUT2D eigenvalue weighted by atomic mass is 32.2. The zero-order valence-electron chi connectivity index (χ0n) is 15.0. The molecule has 0 spiro atoms. The van der Waals surface area contributed by atoms with Crippen LogP contribution in [0.3, 0.4) is 0 Å². The van der Waals surface area contributed by atoms with Gasteiger partial charge in [-0.3, -0.25) is 10.1 Å². The molecule has 1 aliphatic rings. The van der Waals surface area contributed by atoms with E-state index in [1.54, 1.807) is 18.5 Å². The summed E-state index contributed by atoms with van der Waals surface area (Å²) < 4.78 is 12.2. The predicted molar refractivity (Wildman–Crippen MR) is 106 cm³/mol. The topological polar surface area (TPSA) is 77.9 Å². The first kappa shape index (κ1) is 19.1. The fourth-order valence-corrected chi connectivity index (χ4v) is 4.38. The normalized spacial score (nSPS) is 16.8. The van der Waals surface area contributed by atoms with Gasteiger partial charge >= 0.3 is 0 Å². The number of anilines is 1. The standard InChI is InChI=1S/C19H23N3O2S2/c1-13(2)26(24)17-8-7-15(12-21-17)16(11-14-5-3-4-6-14)18(23)22-19-20-9-10-25-19/h7-14H,3-6H2,1-2H3,(H,20,22,23)/b16-11+. The molecule has 1 saturated carbocycles. The van der Waals surface area contributed by atoms with E-state index in [1.807, 2.05) is 25.3 Å². The molecule has 7 heteroatoms. The van der Waals surface area contributed by atoms with Crippen LogP contribution in [0.5, 0.6) is 0 Å². The first-order chi connectivity index (χ1) is 12.5. The number of aromatic nitrogens is 2. The molecule has 0 radical (unpaired) electrons. The molecule has 0 saturated heterocycles. The van der Waals surface area contributed by atoms with Gasteiger partial charge in [-0.05, 0) is 38.7 Å². The number of hydrogen-bond donors (Lipinski definition) is 1. The van der Waals surface area contributed by atoms with Crippen LogP contribution in [0, 0.1) is 5.92 Å². The maximum Gasteiger partial charge on any atom is 0.257 e. The van der Waals surface area contributed by atoms with E-state index in [0.717, 1.165) is 18.4 Å². The zero-order valence-corrected chi connectivity index (χ0v) is 16.6. The second-order valence-corrected chi connectivity index (χ2v) is 9.50. The molecule has 1 atom stereocenters. The van der Waals surface area contributed by atoms with Crippen molar-refractivity contribution in [2.24, 2.45) is 5.92 Å². The third-order valence-electron chi connectivity index (χ3n) is 4.38. The van der Waals surface area contributed by atoms with Gasteiger partial charge < -0.3 is 4.55 Å². The maximum absolute atomic E-state index is 12.8. The Morgan fingerprint density at radius 1 is 1.35 bits per heavy atom. The van der Waals surface area contributed by atoms with Gasteiger partial charge in [-0.2, -0.15) is 0 Å². The molecular weight excluding hydrogens is 366 g/mol. The van der Waals surface area contributed by atoms with E-state index in [2.05, 4.69) is 21.4 Å². The van der Waals surface area contributed by atoms with Crippen molar-refractivity contribution in [3.63, 3.8) is 0 Å². The fourth-order valence-electron chi connectivity index (χ4n) is 3.01. The zero-order chi connectivity index (χ0) is 18.5. The van der Waals surface area contributed by atoms with Crippen molar-refractivity contribution in [3.05, 3.63) is 41.5 Å². The van der Waals surface area contributed by atoms with E-state index in [1.165, 1.54) is 24.2 Å². The first-order valence-electron chi connectivity index (χ1n) is 8.84. The van der Waals surface area contributed by atoms with Crippen LogP contribution in [0.15, 0.2) is 41.0 Å². The van der Waals surface area contributed by atoms with Crippen LogP contribution in [-0.4, -0.2) is 25.7 Å². The predicted octanol–water partition coefficient (Wildman–Crippen LogP) is 4.27. The Balaban J connectivity index is 1.86. The second kappa shape index (κ2) is 8.79. The summed E-state index contributed by atoms with van der Waals surface area (Å²) in [6, 6.07) is 3.59. The number of rotatable bonds is 6. The lowest BCUT2D eigenvalue weighted by atomic mass is 9.99. The number of nitrogens with one attached hydrogen (secondary N) is 1. The molecule has 1 N–H and O–H groups in total. The van der Waals surface area contributed by atoms with Crippen molar-refractivity contribution in [2.75, 3.05) is 5.32 Å². The van der Waals surface area contributed by atoms with Crippen LogP contribution in [-0.2, 0) is 16.0 Å². The molecule has 2 aromatic rings. The number of hydrogen-bond acceptors (Lipinski definition) is 5. The smallest absolute Gasteiger partial charge is 0.257 e. The highest BCUT2D eigenvalue weighted by molar-refractivity contribution is 7.91. The van der Waals surface area contributed by atoms with Gasteiger partial charge in [0.2, 0.25) is 5.03 Å². The van der Waals surface area contributed by atoms with E-state index in [-0.39, 0.29) is 11.2 Å². The molecule has 1 amide bonds. The minimum Gasteiger partial charge on any atom is -0.610 e. The largest absolute Gasteiger partial charge is 0.610 e. The average molecular weight is 390 g/mol. The number of carbonyl (C=O) groups is 1. The molecule has 2 aromatic heterocycles. The van der Waals surface area contributed by atoms with Gasteiger partial charge in [0.15, 0.2) is 5.13 Å². The maximum atomic E-state index is 12.8. The highest BCUT2D eigenvalue weighted by Gasteiger charge is 2.21. The Labute approximate surface area is 161 Å². The highest BCUT2D eigenvalue weighted by Crippen LogP contribution is 2.30. The van der Waals surface area contributed by atoms with E-state index < -0.39 is 11.2 Å². The summed E-state index contributed by atoms with van der Waals surface area (Å²) in [4.78, 5) is 21.3. The Morgan fingerprint density at radius 3 is 2.69 bits per heavy atom. The average Bonchev–Trinajstić information content (AvgIpc) is 3.33. The second-order valence-electron chi connectivity index (χ2n) is 6.65. The third-order valence-corrected chi connectivity index (χ3v) is 6.58. The molecule has 1 aliphatic carbocycles.